The molecule has 4 rings (SSSR count). The molecule has 1 aromatic heterocycles. The molecule has 1 amide bonds. The third-order valence-corrected chi connectivity index (χ3v) is 6.08. The van der Waals surface area contributed by atoms with Crippen LogP contribution in [0.1, 0.15) is 49.9 Å². The molecular weight excluding hydrogens is 292 g/mol. The largest absolute Gasteiger partial charge is 0.342 e. The second-order valence-corrected chi connectivity index (χ2v) is 7.69. The van der Waals surface area contributed by atoms with E-state index >= 15 is 0 Å². The van der Waals surface area contributed by atoms with Crippen LogP contribution in [0.25, 0.3) is 0 Å². The summed E-state index contributed by atoms with van der Waals surface area (Å²) in [5.74, 6) is 1.17. The standard InChI is InChI=1S/C17H26N4O2/c1-13-15(19-23-18-13)11-20-9-7-17(12-20)6-3-8-21(16(17)22)10-14-4-2-5-14/h14H,2-12H2,1H3/t17-/m1/s1. The van der Waals surface area contributed by atoms with Crippen LogP contribution >= 0.6 is 0 Å². The Hall–Kier alpha value is -1.43. The van der Waals surface area contributed by atoms with Crippen LogP contribution < -0.4 is 0 Å². The Morgan fingerprint density at radius 2 is 2.09 bits per heavy atom. The molecule has 1 saturated carbocycles. The van der Waals surface area contributed by atoms with Crippen LogP contribution in [0.2, 0.25) is 0 Å². The molecule has 0 aromatic carbocycles. The molecule has 126 valence electrons. The van der Waals surface area contributed by atoms with Crippen molar-refractivity contribution in [2.24, 2.45) is 11.3 Å². The SMILES string of the molecule is Cc1nonc1CN1CC[C@]2(CCCN(CC3CCC3)C2=O)C1. The molecular formula is C17H26N4O2. The van der Waals surface area contributed by atoms with Gasteiger partial charge in [-0.15, -0.1) is 0 Å². The van der Waals surface area contributed by atoms with Crippen LogP contribution in [0.4, 0.5) is 0 Å². The van der Waals surface area contributed by atoms with Crippen molar-refractivity contribution in [1.29, 1.82) is 0 Å². The van der Waals surface area contributed by atoms with Gasteiger partial charge in [0.1, 0.15) is 11.4 Å². The first-order valence-electron chi connectivity index (χ1n) is 8.96. The van der Waals surface area contributed by atoms with Gasteiger partial charge in [0, 0.05) is 26.2 Å². The highest BCUT2D eigenvalue weighted by atomic mass is 16.6. The second kappa shape index (κ2) is 5.89. The predicted octanol–water partition coefficient (Wildman–Crippen LogP) is 1.99. The number of rotatable bonds is 4. The summed E-state index contributed by atoms with van der Waals surface area (Å²) in [6.07, 6.45) is 7.13. The van der Waals surface area contributed by atoms with Gasteiger partial charge in [-0.2, -0.15) is 0 Å². The van der Waals surface area contributed by atoms with Crippen molar-refractivity contribution in [2.75, 3.05) is 26.2 Å². The van der Waals surface area contributed by atoms with E-state index in [1.54, 1.807) is 0 Å². The third kappa shape index (κ3) is 2.77. The molecule has 3 fully saturated rings. The maximum absolute atomic E-state index is 13.1. The van der Waals surface area contributed by atoms with E-state index in [0.29, 0.717) is 5.91 Å². The maximum atomic E-state index is 13.1. The van der Waals surface area contributed by atoms with Crippen LogP contribution in [-0.4, -0.2) is 52.2 Å². The molecule has 2 saturated heterocycles. The van der Waals surface area contributed by atoms with Crippen LogP contribution in [0.5, 0.6) is 0 Å². The van der Waals surface area contributed by atoms with Crippen molar-refractivity contribution in [3.8, 4) is 0 Å². The number of hydrogen-bond donors (Lipinski definition) is 0. The van der Waals surface area contributed by atoms with E-state index in [2.05, 4.69) is 20.1 Å². The lowest BCUT2D eigenvalue weighted by Crippen LogP contribution is -2.51. The van der Waals surface area contributed by atoms with E-state index < -0.39 is 0 Å². The summed E-state index contributed by atoms with van der Waals surface area (Å²) in [4.78, 5) is 17.6. The second-order valence-electron chi connectivity index (χ2n) is 7.69. The predicted molar refractivity (Wildman–Crippen MR) is 84.5 cm³/mol. The summed E-state index contributed by atoms with van der Waals surface area (Å²) in [7, 11) is 0. The molecule has 1 spiro atoms. The molecule has 3 aliphatic rings. The van der Waals surface area contributed by atoms with Gasteiger partial charge >= 0.3 is 0 Å². The first kappa shape index (κ1) is 15.1. The molecule has 6 nitrogen and oxygen atoms in total. The molecule has 2 aliphatic heterocycles. The molecule has 0 unspecified atom stereocenters. The fourth-order valence-electron chi connectivity index (χ4n) is 4.39. The van der Waals surface area contributed by atoms with Crippen molar-refractivity contribution in [2.45, 2.75) is 52.0 Å². The molecule has 0 bridgehead atoms. The van der Waals surface area contributed by atoms with Gasteiger partial charge in [0.2, 0.25) is 5.91 Å². The summed E-state index contributed by atoms with van der Waals surface area (Å²) < 4.78 is 4.79. The normalized spacial score (nSPS) is 29.4. The number of aryl methyl sites for hydroxylation is 1. The van der Waals surface area contributed by atoms with Crippen molar-refractivity contribution in [3.05, 3.63) is 11.4 Å². The topological polar surface area (TPSA) is 62.5 Å². The van der Waals surface area contributed by atoms with Crippen molar-refractivity contribution in [1.82, 2.24) is 20.1 Å². The number of nitrogens with zero attached hydrogens (tertiary/aromatic N) is 4. The minimum Gasteiger partial charge on any atom is -0.342 e. The van der Waals surface area contributed by atoms with E-state index in [0.717, 1.165) is 69.3 Å². The Morgan fingerprint density at radius 1 is 1.22 bits per heavy atom. The quantitative estimate of drug-likeness (QED) is 0.849. The van der Waals surface area contributed by atoms with Crippen molar-refractivity contribution in [3.63, 3.8) is 0 Å². The lowest BCUT2D eigenvalue weighted by atomic mass is 9.77. The molecule has 1 aliphatic carbocycles. The number of carbonyl (C=O) groups is 1. The Balaban J connectivity index is 1.41. The zero-order valence-electron chi connectivity index (χ0n) is 14.0. The van der Waals surface area contributed by atoms with Crippen LogP contribution in [0, 0.1) is 18.3 Å². The van der Waals surface area contributed by atoms with Gasteiger partial charge in [-0.3, -0.25) is 9.69 Å². The molecule has 0 N–H and O–H groups in total. The van der Waals surface area contributed by atoms with Gasteiger partial charge in [-0.1, -0.05) is 16.7 Å². The van der Waals surface area contributed by atoms with E-state index in [-0.39, 0.29) is 5.41 Å². The van der Waals surface area contributed by atoms with Crippen molar-refractivity contribution >= 4 is 5.91 Å². The average Bonchev–Trinajstić information content (AvgIpc) is 3.08. The van der Waals surface area contributed by atoms with Crippen LogP contribution in [-0.2, 0) is 11.3 Å². The van der Waals surface area contributed by atoms with E-state index in [1.165, 1.54) is 19.3 Å². The maximum Gasteiger partial charge on any atom is 0.230 e. The first-order valence-corrected chi connectivity index (χ1v) is 8.96. The van der Waals surface area contributed by atoms with Gasteiger partial charge in [0.15, 0.2) is 0 Å². The van der Waals surface area contributed by atoms with Gasteiger partial charge in [-0.25, -0.2) is 4.63 Å². The number of aromatic nitrogens is 2. The van der Waals surface area contributed by atoms with Gasteiger partial charge in [-0.05, 0) is 51.5 Å². The number of likely N-dealkylation sites (tertiary alicyclic amines) is 2. The fourth-order valence-corrected chi connectivity index (χ4v) is 4.39. The summed E-state index contributed by atoms with van der Waals surface area (Å²) in [6.45, 7) is 6.45. The Bertz CT molecular complexity index is 583. The van der Waals surface area contributed by atoms with Crippen LogP contribution in [0.3, 0.4) is 0 Å². The number of amides is 1. The third-order valence-electron chi connectivity index (χ3n) is 6.08. The Labute approximate surface area is 137 Å². The summed E-state index contributed by atoms with van der Waals surface area (Å²) in [5.41, 5.74) is 1.61. The molecule has 23 heavy (non-hydrogen) atoms. The first-order chi connectivity index (χ1) is 11.2. The molecule has 1 aromatic rings. The summed E-state index contributed by atoms with van der Waals surface area (Å²) in [5, 5.41) is 7.83. The zero-order chi connectivity index (χ0) is 15.9. The Morgan fingerprint density at radius 3 is 2.78 bits per heavy atom. The number of hydrogen-bond acceptors (Lipinski definition) is 5. The minimum atomic E-state index is -0.146. The highest BCUT2D eigenvalue weighted by Crippen LogP contribution is 2.41. The average molecular weight is 318 g/mol. The highest BCUT2D eigenvalue weighted by molar-refractivity contribution is 5.84. The van der Waals surface area contributed by atoms with E-state index in [9.17, 15) is 4.79 Å². The number of piperidine rings is 1. The monoisotopic (exact) mass is 318 g/mol. The smallest absolute Gasteiger partial charge is 0.230 e. The molecule has 6 heteroatoms. The van der Waals surface area contributed by atoms with Gasteiger partial charge in [0.25, 0.3) is 0 Å². The van der Waals surface area contributed by atoms with Gasteiger partial charge in [0.05, 0.1) is 5.41 Å². The summed E-state index contributed by atoms with van der Waals surface area (Å²) in [6, 6.07) is 0. The van der Waals surface area contributed by atoms with E-state index in [4.69, 9.17) is 4.63 Å². The fraction of sp³-hybridized carbons (Fsp3) is 0.824. The minimum absolute atomic E-state index is 0.146. The van der Waals surface area contributed by atoms with Crippen molar-refractivity contribution < 1.29 is 9.42 Å². The van der Waals surface area contributed by atoms with Crippen LogP contribution in [0.15, 0.2) is 4.63 Å². The lowest BCUT2D eigenvalue weighted by Gasteiger charge is -2.42. The molecule has 3 heterocycles. The summed E-state index contributed by atoms with van der Waals surface area (Å²) >= 11 is 0. The lowest BCUT2D eigenvalue weighted by molar-refractivity contribution is -0.146. The van der Waals surface area contributed by atoms with E-state index in [1.807, 2.05) is 6.92 Å². The Kier molecular flexibility index (Phi) is 3.87. The highest BCUT2D eigenvalue weighted by Gasteiger charge is 2.48. The molecule has 1 atom stereocenters. The zero-order valence-corrected chi connectivity index (χ0v) is 14.0. The molecule has 0 radical (unpaired) electrons. The van der Waals surface area contributed by atoms with Gasteiger partial charge < -0.3 is 4.90 Å². The number of carbonyl (C=O) groups excluding carboxylic acids is 1.